The standard InChI is InChI=1S/C27H28N6O2/c34-26(29-25-17-23(19-10-11-19)30-33(25)21-7-2-1-3-8-21)18-31-12-14-32(15-13-31)27(35)24-16-20-6-4-5-9-22(20)28-24/h1-9,16-17,19,28H,10-15,18H2,(H,29,34). The molecule has 4 aromatic rings. The summed E-state index contributed by atoms with van der Waals surface area (Å²) in [7, 11) is 0. The molecule has 0 atom stereocenters. The van der Waals surface area contributed by atoms with Crippen LogP contribution in [-0.2, 0) is 4.79 Å². The number of carbonyl (C=O) groups excluding carboxylic acids is 2. The van der Waals surface area contributed by atoms with Crippen molar-refractivity contribution in [1.82, 2.24) is 24.6 Å². The van der Waals surface area contributed by atoms with E-state index in [9.17, 15) is 9.59 Å². The Labute approximate surface area is 203 Å². The molecule has 3 heterocycles. The summed E-state index contributed by atoms with van der Waals surface area (Å²) >= 11 is 0. The number of nitrogens with zero attached hydrogens (tertiary/aromatic N) is 4. The van der Waals surface area contributed by atoms with Crippen LogP contribution in [0.2, 0.25) is 0 Å². The van der Waals surface area contributed by atoms with E-state index in [4.69, 9.17) is 5.10 Å². The number of nitrogens with one attached hydrogen (secondary N) is 2. The molecule has 8 nitrogen and oxygen atoms in total. The Morgan fingerprint density at radius 2 is 1.69 bits per heavy atom. The van der Waals surface area contributed by atoms with Gasteiger partial charge >= 0.3 is 0 Å². The average Bonchev–Trinajstić information content (AvgIpc) is 3.51. The Balaban J connectivity index is 1.07. The van der Waals surface area contributed by atoms with Crippen LogP contribution in [0.1, 0.15) is 34.9 Å². The number of benzene rings is 2. The van der Waals surface area contributed by atoms with E-state index < -0.39 is 0 Å². The minimum Gasteiger partial charge on any atom is -0.351 e. The van der Waals surface area contributed by atoms with Gasteiger partial charge in [-0.05, 0) is 37.1 Å². The summed E-state index contributed by atoms with van der Waals surface area (Å²) in [6.45, 7) is 2.78. The van der Waals surface area contributed by atoms with Crippen LogP contribution in [0.15, 0.2) is 66.7 Å². The highest BCUT2D eigenvalue weighted by atomic mass is 16.2. The second-order valence-corrected chi connectivity index (χ2v) is 9.36. The van der Waals surface area contributed by atoms with Crippen molar-refractivity contribution in [3.05, 3.63) is 78.1 Å². The fourth-order valence-corrected chi connectivity index (χ4v) is 4.69. The number of carbonyl (C=O) groups is 2. The van der Waals surface area contributed by atoms with Gasteiger partial charge in [0.15, 0.2) is 0 Å². The Morgan fingerprint density at radius 1 is 0.943 bits per heavy atom. The molecule has 178 valence electrons. The maximum absolute atomic E-state index is 13.0. The highest BCUT2D eigenvalue weighted by molar-refractivity contribution is 5.98. The third-order valence-corrected chi connectivity index (χ3v) is 6.78. The highest BCUT2D eigenvalue weighted by Gasteiger charge is 2.28. The van der Waals surface area contributed by atoms with Crippen LogP contribution in [0.3, 0.4) is 0 Å². The van der Waals surface area contributed by atoms with Gasteiger partial charge in [-0.1, -0.05) is 36.4 Å². The lowest BCUT2D eigenvalue weighted by Gasteiger charge is -2.34. The van der Waals surface area contributed by atoms with Crippen molar-refractivity contribution in [3.63, 3.8) is 0 Å². The van der Waals surface area contributed by atoms with E-state index in [-0.39, 0.29) is 18.4 Å². The van der Waals surface area contributed by atoms with Gasteiger partial charge in [-0.2, -0.15) is 5.10 Å². The second-order valence-electron chi connectivity index (χ2n) is 9.36. The first kappa shape index (κ1) is 21.6. The number of aromatic nitrogens is 3. The Morgan fingerprint density at radius 3 is 2.43 bits per heavy atom. The smallest absolute Gasteiger partial charge is 0.270 e. The van der Waals surface area contributed by atoms with Gasteiger partial charge in [-0.3, -0.25) is 14.5 Å². The normalized spacial score (nSPS) is 16.5. The van der Waals surface area contributed by atoms with Gasteiger partial charge in [0.2, 0.25) is 5.91 Å². The van der Waals surface area contributed by atoms with Crippen molar-refractivity contribution >= 4 is 28.5 Å². The van der Waals surface area contributed by atoms with E-state index in [0.717, 1.165) is 35.1 Å². The molecule has 0 spiro atoms. The monoisotopic (exact) mass is 468 g/mol. The van der Waals surface area contributed by atoms with E-state index in [0.29, 0.717) is 43.6 Å². The Kier molecular flexibility index (Phi) is 5.58. The van der Waals surface area contributed by atoms with Crippen LogP contribution in [0, 0.1) is 0 Å². The van der Waals surface area contributed by atoms with Gasteiger partial charge in [-0.25, -0.2) is 4.68 Å². The molecule has 6 rings (SSSR count). The van der Waals surface area contributed by atoms with Crippen LogP contribution in [0.25, 0.3) is 16.6 Å². The molecule has 2 amide bonds. The molecule has 1 saturated carbocycles. The molecular formula is C27H28N6O2. The summed E-state index contributed by atoms with van der Waals surface area (Å²) in [6.07, 6.45) is 2.31. The van der Waals surface area contributed by atoms with Crippen molar-refractivity contribution in [3.8, 4) is 5.69 Å². The van der Waals surface area contributed by atoms with Gasteiger partial charge in [0.1, 0.15) is 11.5 Å². The number of para-hydroxylation sites is 2. The molecule has 2 aromatic heterocycles. The summed E-state index contributed by atoms with van der Waals surface area (Å²) in [6, 6.07) is 21.7. The van der Waals surface area contributed by atoms with Crippen LogP contribution >= 0.6 is 0 Å². The molecule has 2 aromatic carbocycles. The van der Waals surface area contributed by atoms with Crippen molar-refractivity contribution in [2.75, 3.05) is 38.0 Å². The number of rotatable bonds is 6. The van der Waals surface area contributed by atoms with Gasteiger partial charge in [-0.15, -0.1) is 0 Å². The highest BCUT2D eigenvalue weighted by Crippen LogP contribution is 2.40. The molecule has 35 heavy (non-hydrogen) atoms. The van der Waals surface area contributed by atoms with Crippen LogP contribution in [0.5, 0.6) is 0 Å². The lowest BCUT2D eigenvalue weighted by atomic mass is 10.2. The first-order valence-electron chi connectivity index (χ1n) is 12.2. The number of hydrogen-bond acceptors (Lipinski definition) is 4. The molecule has 8 heteroatoms. The predicted octanol–water partition coefficient (Wildman–Crippen LogP) is 3.63. The van der Waals surface area contributed by atoms with Gasteiger partial charge in [0.05, 0.1) is 17.9 Å². The Hall–Kier alpha value is -3.91. The summed E-state index contributed by atoms with van der Waals surface area (Å²) in [5.41, 5.74) is 3.54. The molecule has 2 fully saturated rings. The molecule has 1 saturated heterocycles. The number of piperazine rings is 1. The third-order valence-electron chi connectivity index (χ3n) is 6.78. The fourth-order valence-electron chi connectivity index (χ4n) is 4.69. The van der Waals surface area contributed by atoms with E-state index in [2.05, 4.69) is 15.2 Å². The zero-order valence-electron chi connectivity index (χ0n) is 19.5. The van der Waals surface area contributed by atoms with Gasteiger partial charge < -0.3 is 15.2 Å². The lowest BCUT2D eigenvalue weighted by molar-refractivity contribution is -0.117. The SMILES string of the molecule is O=C(CN1CCN(C(=O)c2cc3ccccc3[nH]2)CC1)Nc1cc(C2CC2)nn1-c1ccccc1. The molecule has 0 unspecified atom stereocenters. The maximum atomic E-state index is 13.0. The lowest BCUT2D eigenvalue weighted by Crippen LogP contribution is -2.50. The quantitative estimate of drug-likeness (QED) is 0.453. The number of aromatic amines is 1. The predicted molar refractivity (Wildman–Crippen MR) is 135 cm³/mol. The van der Waals surface area contributed by atoms with Crippen LogP contribution in [-0.4, -0.2) is 69.1 Å². The minimum absolute atomic E-state index is 0.00432. The van der Waals surface area contributed by atoms with E-state index in [1.165, 1.54) is 0 Å². The molecule has 1 aliphatic heterocycles. The summed E-state index contributed by atoms with van der Waals surface area (Å²) in [5.74, 6) is 1.14. The van der Waals surface area contributed by atoms with Crippen molar-refractivity contribution in [2.24, 2.45) is 0 Å². The summed E-state index contributed by atoms with van der Waals surface area (Å²) < 4.78 is 1.82. The number of H-pyrrole nitrogens is 1. The molecule has 0 radical (unpaired) electrons. The average molecular weight is 469 g/mol. The maximum Gasteiger partial charge on any atom is 0.270 e. The second kappa shape index (κ2) is 9.03. The molecular weight excluding hydrogens is 440 g/mol. The minimum atomic E-state index is -0.0696. The summed E-state index contributed by atoms with van der Waals surface area (Å²) in [5, 5.41) is 8.86. The zero-order chi connectivity index (χ0) is 23.8. The molecule has 2 N–H and O–H groups in total. The van der Waals surface area contributed by atoms with Gasteiger partial charge in [0, 0.05) is 49.1 Å². The van der Waals surface area contributed by atoms with E-state index in [1.807, 2.05) is 76.3 Å². The molecule has 0 bridgehead atoms. The number of hydrogen-bond donors (Lipinski definition) is 2. The molecule has 1 aliphatic carbocycles. The van der Waals surface area contributed by atoms with Crippen molar-refractivity contribution in [2.45, 2.75) is 18.8 Å². The molecule has 2 aliphatic rings. The van der Waals surface area contributed by atoms with Crippen molar-refractivity contribution < 1.29 is 9.59 Å². The van der Waals surface area contributed by atoms with Crippen LogP contribution < -0.4 is 5.32 Å². The number of fused-ring (bicyclic) bond motifs is 1. The van der Waals surface area contributed by atoms with Crippen LogP contribution in [0.4, 0.5) is 5.82 Å². The summed E-state index contributed by atoms with van der Waals surface area (Å²) in [4.78, 5) is 33.0. The number of amides is 2. The van der Waals surface area contributed by atoms with E-state index in [1.54, 1.807) is 0 Å². The largest absolute Gasteiger partial charge is 0.351 e. The van der Waals surface area contributed by atoms with E-state index >= 15 is 0 Å². The first-order chi connectivity index (χ1) is 17.1. The first-order valence-corrected chi connectivity index (χ1v) is 12.2. The fraction of sp³-hybridized carbons (Fsp3) is 0.296. The van der Waals surface area contributed by atoms with Gasteiger partial charge in [0.25, 0.3) is 5.91 Å². The number of anilines is 1. The third kappa shape index (κ3) is 4.57. The van der Waals surface area contributed by atoms with Crippen molar-refractivity contribution in [1.29, 1.82) is 0 Å². The zero-order valence-corrected chi connectivity index (χ0v) is 19.5. The Bertz CT molecular complexity index is 1330. The topological polar surface area (TPSA) is 86.3 Å².